The molecule has 0 saturated carbocycles. The molecule has 0 unspecified atom stereocenters. The third kappa shape index (κ3) is 4.13. The molecular weight excluding hydrogens is 463 g/mol. The third-order valence-corrected chi connectivity index (χ3v) is 5.84. The largest absolute Gasteiger partial charge is 0.486 e. The molecule has 3 aromatic heterocycles. The number of halogens is 1. The van der Waals surface area contributed by atoms with Gasteiger partial charge in [-0.25, -0.2) is 19.0 Å². The van der Waals surface area contributed by atoms with Crippen LogP contribution in [0.1, 0.15) is 10.7 Å². The normalized spacial score (nSPS) is 11.1. The van der Waals surface area contributed by atoms with Crippen molar-refractivity contribution >= 4 is 28.1 Å². The van der Waals surface area contributed by atoms with Gasteiger partial charge in [0.2, 0.25) is 0 Å². The first-order chi connectivity index (χ1) is 16.5. The van der Waals surface area contributed by atoms with Crippen molar-refractivity contribution in [3.05, 3.63) is 103 Å². The molecule has 0 aliphatic heterocycles. The quantitative estimate of drug-likeness (QED) is 0.258. The average molecular weight is 478 g/mol. The second-order valence-electron chi connectivity index (χ2n) is 7.19. The molecule has 12 heteroatoms. The van der Waals surface area contributed by atoms with Gasteiger partial charge in [-0.2, -0.15) is 5.10 Å². The zero-order valence-corrected chi connectivity index (χ0v) is 18.2. The van der Waals surface area contributed by atoms with Crippen molar-refractivity contribution in [2.75, 3.05) is 0 Å². The van der Waals surface area contributed by atoms with Crippen molar-refractivity contribution in [1.82, 2.24) is 24.3 Å². The lowest BCUT2D eigenvalue weighted by Crippen LogP contribution is -2.21. The molecule has 0 fully saturated rings. The van der Waals surface area contributed by atoms with Crippen molar-refractivity contribution in [3.8, 4) is 11.4 Å². The maximum Gasteiger partial charge on any atom is 0.294 e. The van der Waals surface area contributed by atoms with E-state index in [1.807, 2.05) is 5.38 Å². The van der Waals surface area contributed by atoms with E-state index in [4.69, 9.17) is 4.74 Å². The van der Waals surface area contributed by atoms with Gasteiger partial charge in [0.15, 0.2) is 5.65 Å². The van der Waals surface area contributed by atoms with E-state index in [1.54, 1.807) is 18.2 Å². The lowest BCUT2D eigenvalue weighted by Gasteiger charge is -2.06. The summed E-state index contributed by atoms with van der Waals surface area (Å²) < 4.78 is 21.3. The molecular formula is C22H15FN6O4S. The number of benzene rings is 2. The van der Waals surface area contributed by atoms with Gasteiger partial charge in [-0.3, -0.25) is 19.5 Å². The van der Waals surface area contributed by atoms with Gasteiger partial charge < -0.3 is 4.74 Å². The number of fused-ring (bicyclic) bond motifs is 1. The Morgan fingerprint density at radius 2 is 1.94 bits per heavy atom. The molecule has 0 aliphatic carbocycles. The third-order valence-electron chi connectivity index (χ3n) is 4.97. The minimum absolute atomic E-state index is 0.142. The number of thiazole rings is 1. The van der Waals surface area contributed by atoms with Gasteiger partial charge in [-0.15, -0.1) is 11.3 Å². The summed E-state index contributed by atoms with van der Waals surface area (Å²) in [4.78, 5) is 32.7. The molecule has 0 bridgehead atoms. The Morgan fingerprint density at radius 3 is 2.74 bits per heavy atom. The smallest absolute Gasteiger partial charge is 0.294 e. The fraction of sp³-hybridized carbons (Fsp3) is 0.0909. The summed E-state index contributed by atoms with van der Waals surface area (Å²) in [5.74, 6) is 0.187. The van der Waals surface area contributed by atoms with Crippen molar-refractivity contribution < 1.29 is 14.1 Å². The molecule has 170 valence electrons. The summed E-state index contributed by atoms with van der Waals surface area (Å²) in [7, 11) is 0. The molecule has 34 heavy (non-hydrogen) atoms. The van der Waals surface area contributed by atoms with E-state index in [0.29, 0.717) is 16.5 Å². The van der Waals surface area contributed by atoms with Crippen molar-refractivity contribution in [2.45, 2.75) is 13.2 Å². The highest BCUT2D eigenvalue weighted by Gasteiger charge is 2.19. The molecule has 3 heterocycles. The summed E-state index contributed by atoms with van der Waals surface area (Å²) in [5.41, 5.74) is 0.611. The van der Waals surface area contributed by atoms with E-state index in [0.717, 1.165) is 0 Å². The Balaban J connectivity index is 1.37. The molecule has 0 aliphatic rings. The monoisotopic (exact) mass is 478 g/mol. The highest BCUT2D eigenvalue weighted by Crippen LogP contribution is 2.24. The first kappa shape index (κ1) is 21.4. The van der Waals surface area contributed by atoms with Crippen molar-refractivity contribution in [3.63, 3.8) is 0 Å². The molecule has 0 atom stereocenters. The highest BCUT2D eigenvalue weighted by atomic mass is 32.1. The number of ether oxygens (including phenoxy) is 1. The van der Waals surface area contributed by atoms with E-state index < -0.39 is 4.92 Å². The Morgan fingerprint density at radius 1 is 1.15 bits per heavy atom. The van der Waals surface area contributed by atoms with Gasteiger partial charge in [-0.05, 0) is 30.3 Å². The Labute approximate surface area is 194 Å². The summed E-state index contributed by atoms with van der Waals surface area (Å²) in [6.45, 7) is 0.399. The number of hydrogen-bond donors (Lipinski definition) is 0. The van der Waals surface area contributed by atoms with E-state index in [2.05, 4.69) is 15.1 Å². The second kappa shape index (κ2) is 8.83. The molecule has 0 N–H and O–H groups in total. The number of rotatable bonds is 7. The average Bonchev–Trinajstić information content (AvgIpc) is 3.48. The van der Waals surface area contributed by atoms with Crippen LogP contribution in [0.3, 0.4) is 0 Å². The van der Waals surface area contributed by atoms with Crippen LogP contribution in [0.5, 0.6) is 5.75 Å². The van der Waals surface area contributed by atoms with Gasteiger partial charge in [0.25, 0.3) is 11.2 Å². The maximum absolute atomic E-state index is 13.0. The molecule has 10 nitrogen and oxygen atoms in total. The minimum Gasteiger partial charge on any atom is -0.486 e. The second-order valence-corrected chi connectivity index (χ2v) is 8.13. The molecule has 0 spiro atoms. The van der Waals surface area contributed by atoms with Crippen LogP contribution in [0.4, 0.5) is 10.1 Å². The van der Waals surface area contributed by atoms with E-state index >= 15 is 0 Å². The number of nitrogens with zero attached hydrogens (tertiary/aromatic N) is 6. The molecule has 0 amide bonds. The molecule has 0 saturated heterocycles. The molecule has 0 radical (unpaired) electrons. The predicted octanol–water partition coefficient (Wildman–Crippen LogP) is 3.71. The molecule has 2 aromatic carbocycles. The van der Waals surface area contributed by atoms with Crippen molar-refractivity contribution in [1.29, 1.82) is 0 Å². The van der Waals surface area contributed by atoms with Gasteiger partial charge >= 0.3 is 0 Å². The van der Waals surface area contributed by atoms with Crippen molar-refractivity contribution in [2.24, 2.45) is 0 Å². The van der Waals surface area contributed by atoms with E-state index in [-0.39, 0.29) is 46.9 Å². The fourth-order valence-electron chi connectivity index (χ4n) is 3.37. The van der Waals surface area contributed by atoms with Gasteiger partial charge in [0.05, 0.1) is 23.4 Å². The van der Waals surface area contributed by atoms with Crippen LogP contribution in [0.25, 0.3) is 16.7 Å². The number of aromatic nitrogens is 5. The first-order valence-corrected chi connectivity index (χ1v) is 10.9. The number of nitro groups is 1. The van der Waals surface area contributed by atoms with Crippen LogP contribution in [0.15, 0.2) is 71.2 Å². The van der Waals surface area contributed by atoms with E-state index in [1.165, 1.54) is 63.4 Å². The standard InChI is InChI=1S/C22H15FN6O4S/c23-14-5-7-16(8-6-14)33-11-20-26-15(12-34-20)10-27-13-24-21-17(22(27)30)9-25-28(21)18-3-1-2-4-19(18)29(31)32/h1-9,12-13H,10-11H2. The number of para-hydroxylation sites is 2. The van der Waals surface area contributed by atoms with Gasteiger partial charge in [0.1, 0.15) is 40.6 Å². The SMILES string of the molecule is O=c1c2cnn(-c3ccccc3[N+](=O)[O-])c2ncn1Cc1csc(COc2ccc(F)cc2)n1. The first-order valence-electron chi connectivity index (χ1n) is 9.98. The Kier molecular flexibility index (Phi) is 5.55. The van der Waals surface area contributed by atoms with Crippen LogP contribution in [0.2, 0.25) is 0 Å². The van der Waals surface area contributed by atoms with Crippen LogP contribution >= 0.6 is 11.3 Å². The van der Waals surface area contributed by atoms with Crippen LogP contribution in [-0.4, -0.2) is 29.2 Å². The lowest BCUT2D eigenvalue weighted by molar-refractivity contribution is -0.384. The summed E-state index contributed by atoms with van der Waals surface area (Å²) in [6, 6.07) is 11.8. The Hall–Kier alpha value is -4.45. The van der Waals surface area contributed by atoms with Crippen LogP contribution < -0.4 is 10.3 Å². The highest BCUT2D eigenvalue weighted by molar-refractivity contribution is 7.09. The summed E-state index contributed by atoms with van der Waals surface area (Å²) in [5, 5.41) is 18.3. The summed E-state index contributed by atoms with van der Waals surface area (Å²) >= 11 is 1.38. The van der Waals surface area contributed by atoms with Gasteiger partial charge in [0, 0.05) is 11.4 Å². The molecule has 5 rings (SSSR count). The maximum atomic E-state index is 13.0. The zero-order valence-electron chi connectivity index (χ0n) is 17.4. The summed E-state index contributed by atoms with van der Waals surface area (Å²) in [6.07, 6.45) is 2.71. The molecule has 5 aromatic rings. The zero-order chi connectivity index (χ0) is 23.7. The lowest BCUT2D eigenvalue weighted by atomic mass is 10.2. The minimum atomic E-state index is -0.510. The van der Waals surface area contributed by atoms with Gasteiger partial charge in [-0.1, -0.05) is 12.1 Å². The van der Waals surface area contributed by atoms with Crippen LogP contribution in [-0.2, 0) is 13.2 Å². The number of hydrogen-bond acceptors (Lipinski definition) is 8. The fourth-order valence-corrected chi connectivity index (χ4v) is 4.07. The van der Waals surface area contributed by atoms with E-state index in [9.17, 15) is 19.3 Å². The Bertz CT molecular complexity index is 1560. The predicted molar refractivity (Wildman–Crippen MR) is 122 cm³/mol. The topological polar surface area (TPSA) is 118 Å². The van der Waals surface area contributed by atoms with Crippen LogP contribution in [0, 0.1) is 15.9 Å². The number of nitro benzene ring substituents is 1.